The van der Waals surface area contributed by atoms with Crippen LogP contribution in [0.2, 0.25) is 5.02 Å². The van der Waals surface area contributed by atoms with Gasteiger partial charge in [0, 0.05) is 48.3 Å². The van der Waals surface area contributed by atoms with Crippen molar-refractivity contribution >= 4 is 28.9 Å². The summed E-state index contributed by atoms with van der Waals surface area (Å²) in [5.74, 6) is -0.487. The zero-order valence-electron chi connectivity index (χ0n) is 28.0. The van der Waals surface area contributed by atoms with Gasteiger partial charge < -0.3 is 33.5 Å². The third-order valence-electron chi connectivity index (χ3n) is 9.73. The van der Waals surface area contributed by atoms with Gasteiger partial charge in [-0.05, 0) is 109 Å². The molecule has 1 aromatic heterocycles. The number of carboxylic acid groups (broad SMARTS) is 1. The third kappa shape index (κ3) is 12.2. The van der Waals surface area contributed by atoms with Crippen molar-refractivity contribution in [3.63, 3.8) is 0 Å². The Morgan fingerprint density at radius 2 is 1.64 bits per heavy atom. The van der Waals surface area contributed by atoms with Crippen LogP contribution in [-0.4, -0.2) is 68.1 Å². The second-order valence-corrected chi connectivity index (χ2v) is 15.2. The Bertz CT molecular complexity index is 1100. The van der Waals surface area contributed by atoms with Gasteiger partial charge in [0.05, 0.1) is 23.3 Å². The minimum Gasteiger partial charge on any atom is -0.481 e. The second kappa shape index (κ2) is 19.8. The first-order valence-corrected chi connectivity index (χ1v) is 19.2. The van der Waals surface area contributed by atoms with E-state index in [9.17, 15) is 4.79 Å². The number of aryl methyl sites for hydroxylation is 2. The van der Waals surface area contributed by atoms with Crippen molar-refractivity contribution in [1.29, 1.82) is 0 Å². The van der Waals surface area contributed by atoms with Crippen LogP contribution in [0.15, 0.2) is 30.4 Å². The van der Waals surface area contributed by atoms with Gasteiger partial charge >= 0.3 is 5.97 Å². The molecule has 3 unspecified atom stereocenters. The number of hydrogen-bond donors (Lipinski definition) is 1. The average Bonchev–Trinajstić information content (AvgIpc) is 3.57. The molecule has 5 rings (SSSR count). The maximum atomic E-state index is 11.0. The predicted octanol–water partition coefficient (Wildman–Crippen LogP) is 8.77. The van der Waals surface area contributed by atoms with E-state index in [0.717, 1.165) is 120 Å². The topological polar surface area (TPSA) is 92.7 Å². The quantitative estimate of drug-likeness (QED) is 0.128. The fraction of sp³-hybridized carbons (Fsp3) is 0.757. The average molecular weight is 695 g/mol. The Morgan fingerprint density at radius 3 is 2.23 bits per heavy atom. The number of unbranched alkanes of at least 4 members (excludes halogenated alkanes) is 1. The van der Waals surface area contributed by atoms with E-state index in [1.165, 1.54) is 4.88 Å². The van der Waals surface area contributed by atoms with Gasteiger partial charge in [-0.25, -0.2) is 0 Å². The lowest BCUT2D eigenvalue weighted by molar-refractivity contribution is -0.203. The summed E-state index contributed by atoms with van der Waals surface area (Å²) < 4.78 is 38.2. The molecule has 1 aromatic rings. The van der Waals surface area contributed by atoms with E-state index >= 15 is 0 Å². The highest BCUT2D eigenvalue weighted by atomic mass is 35.5. The minimum absolute atomic E-state index is 0.0257. The molecule has 1 saturated carbocycles. The number of ether oxygens (including phenoxy) is 6. The van der Waals surface area contributed by atoms with Crippen molar-refractivity contribution in [2.45, 2.75) is 147 Å². The number of hydrogen-bond acceptors (Lipinski definition) is 8. The van der Waals surface area contributed by atoms with Gasteiger partial charge in [-0.15, -0.1) is 11.3 Å². The van der Waals surface area contributed by atoms with Crippen LogP contribution >= 0.6 is 22.9 Å². The Balaban J connectivity index is 1.35. The van der Waals surface area contributed by atoms with Crippen molar-refractivity contribution < 1.29 is 38.3 Å². The molecule has 1 aliphatic carbocycles. The summed E-state index contributed by atoms with van der Waals surface area (Å²) in [5.41, 5.74) is 0. The first kappa shape index (κ1) is 37.0. The minimum atomic E-state index is -0.752. The molecule has 0 radical (unpaired) electrons. The third-order valence-corrected chi connectivity index (χ3v) is 11.3. The highest BCUT2D eigenvalue weighted by Gasteiger charge is 2.45. The van der Waals surface area contributed by atoms with Gasteiger partial charge in [0.2, 0.25) is 0 Å². The molecule has 0 amide bonds. The van der Waals surface area contributed by atoms with Gasteiger partial charge in [-0.3, -0.25) is 4.79 Å². The van der Waals surface area contributed by atoms with Crippen LogP contribution in [0.4, 0.5) is 0 Å². The largest absolute Gasteiger partial charge is 0.481 e. The molecule has 264 valence electrons. The van der Waals surface area contributed by atoms with Crippen molar-refractivity contribution in [2.24, 2.45) is 11.8 Å². The fourth-order valence-electron chi connectivity index (χ4n) is 7.13. The molecule has 8 atom stereocenters. The molecular weight excluding hydrogens is 640 g/mol. The Kier molecular flexibility index (Phi) is 15.6. The Hall–Kier alpha value is -1.30. The van der Waals surface area contributed by atoms with Crippen molar-refractivity contribution in [2.75, 3.05) is 19.8 Å². The highest BCUT2D eigenvalue weighted by Crippen LogP contribution is 2.42. The molecule has 3 saturated heterocycles. The van der Waals surface area contributed by atoms with Crippen LogP contribution < -0.4 is 0 Å². The smallest absolute Gasteiger partial charge is 0.303 e. The standard InChI is InChI=1S/C37H55ClO8S/c1-26-31(38)24-28(47-26)19-17-27(44-35-14-6-9-21-41-35)18-20-30-29(12-4-2-3-5-13-34(39)40)32(45-36-15-7-10-22-42-36)25-33(30)46-37-16-8-11-23-43-37/h2,4,18,20,24,27,29-30,32-33,35-37H,3,5-17,19,21-23,25H2,1H3,(H,39,40)/b4-2-,20-18+/t27-,29+,30+,32-,33+,35?,36?,37?/m1/s1. The highest BCUT2D eigenvalue weighted by molar-refractivity contribution is 7.12. The molecule has 4 aliphatic rings. The van der Waals surface area contributed by atoms with Crippen molar-refractivity contribution in [3.05, 3.63) is 45.1 Å². The zero-order valence-corrected chi connectivity index (χ0v) is 29.6. The molecule has 10 heteroatoms. The van der Waals surface area contributed by atoms with Gasteiger partial charge in [0.15, 0.2) is 18.9 Å². The monoisotopic (exact) mass is 694 g/mol. The molecule has 3 aliphatic heterocycles. The van der Waals surface area contributed by atoms with E-state index in [1.54, 1.807) is 11.3 Å². The summed E-state index contributed by atoms with van der Waals surface area (Å²) in [6.45, 7) is 4.28. The number of aliphatic carboxylic acids is 1. The van der Waals surface area contributed by atoms with E-state index in [-0.39, 0.29) is 55.4 Å². The van der Waals surface area contributed by atoms with Crippen molar-refractivity contribution in [1.82, 2.24) is 0 Å². The van der Waals surface area contributed by atoms with E-state index in [1.807, 2.05) is 0 Å². The summed E-state index contributed by atoms with van der Waals surface area (Å²) in [6.07, 6.45) is 22.3. The van der Waals surface area contributed by atoms with Crippen LogP contribution in [0, 0.1) is 18.8 Å². The summed E-state index contributed by atoms with van der Waals surface area (Å²) in [6, 6.07) is 2.08. The summed E-state index contributed by atoms with van der Waals surface area (Å²) in [5, 5.41) is 9.88. The normalized spacial score (nSPS) is 31.1. The van der Waals surface area contributed by atoms with Crippen LogP contribution in [0.1, 0.15) is 106 Å². The maximum absolute atomic E-state index is 11.0. The molecule has 1 N–H and O–H groups in total. The number of halogens is 1. The number of carbonyl (C=O) groups is 1. The molecule has 4 heterocycles. The predicted molar refractivity (Wildman–Crippen MR) is 184 cm³/mol. The lowest BCUT2D eigenvalue weighted by atomic mass is 9.89. The first-order chi connectivity index (χ1) is 22.9. The molecule has 8 nitrogen and oxygen atoms in total. The van der Waals surface area contributed by atoms with Crippen LogP contribution in [0.3, 0.4) is 0 Å². The maximum Gasteiger partial charge on any atom is 0.303 e. The van der Waals surface area contributed by atoms with E-state index < -0.39 is 5.97 Å². The summed E-state index contributed by atoms with van der Waals surface area (Å²) in [7, 11) is 0. The van der Waals surface area contributed by atoms with Gasteiger partial charge in [-0.2, -0.15) is 0 Å². The molecule has 0 aromatic carbocycles. The second-order valence-electron chi connectivity index (χ2n) is 13.4. The zero-order chi connectivity index (χ0) is 32.8. The number of carboxylic acids is 1. The van der Waals surface area contributed by atoms with Crippen LogP contribution in [-0.2, 0) is 39.6 Å². The SMILES string of the molecule is Cc1sc(CC[C@H](/C=C/[C@H]2[C@H](C/C=C\CCCC(=O)O)[C@H](OC3CCCCO3)C[C@@H]2OC2CCCCO2)OC2CCCCO2)cc1Cl. The number of allylic oxidation sites excluding steroid dienone is 2. The van der Waals surface area contributed by atoms with E-state index in [2.05, 4.69) is 37.3 Å². The fourth-order valence-corrected chi connectivity index (χ4v) is 8.39. The van der Waals surface area contributed by atoms with Crippen LogP contribution in [0.25, 0.3) is 0 Å². The molecular formula is C37H55ClO8S. The Morgan fingerprint density at radius 1 is 0.979 bits per heavy atom. The van der Waals surface area contributed by atoms with E-state index in [0.29, 0.717) is 6.42 Å². The number of thiophene rings is 1. The van der Waals surface area contributed by atoms with Crippen molar-refractivity contribution in [3.8, 4) is 0 Å². The molecule has 47 heavy (non-hydrogen) atoms. The summed E-state index contributed by atoms with van der Waals surface area (Å²) >= 11 is 8.15. The molecule has 0 bridgehead atoms. The van der Waals surface area contributed by atoms with Crippen LogP contribution in [0.5, 0.6) is 0 Å². The Labute approximate surface area is 290 Å². The first-order valence-electron chi connectivity index (χ1n) is 18.1. The summed E-state index contributed by atoms with van der Waals surface area (Å²) in [4.78, 5) is 13.4. The lowest BCUT2D eigenvalue weighted by Crippen LogP contribution is -2.31. The van der Waals surface area contributed by atoms with E-state index in [4.69, 9.17) is 45.1 Å². The lowest BCUT2D eigenvalue weighted by Gasteiger charge is -2.30. The van der Waals surface area contributed by atoms with Gasteiger partial charge in [0.25, 0.3) is 0 Å². The van der Waals surface area contributed by atoms with Gasteiger partial charge in [-0.1, -0.05) is 35.9 Å². The molecule has 0 spiro atoms. The van der Waals surface area contributed by atoms with Gasteiger partial charge in [0.1, 0.15) is 0 Å². The number of rotatable bonds is 17. The molecule has 4 fully saturated rings.